The molecule has 0 aromatic heterocycles. The molecule has 4 atom stereocenters. The van der Waals surface area contributed by atoms with Gasteiger partial charge in [-0.05, 0) is 22.9 Å². The number of aliphatic hydroxyl groups is 4. The molecule has 6 nitrogen and oxygen atoms in total. The second-order valence-corrected chi connectivity index (χ2v) is 3.94. The Balaban J connectivity index is 0. The van der Waals surface area contributed by atoms with Crippen molar-refractivity contribution in [1.82, 2.24) is 0 Å². The standard InChI is InChI=1S/C6H12O5.C2H3BrO/c1-3(8)5(10)6(11)4(9)2-7;1-2(3)4/h2-6,8-11H,1H3;1H3. The molecule has 0 spiro atoms. The fourth-order valence-corrected chi connectivity index (χ4v) is 0.568. The van der Waals surface area contributed by atoms with Crippen LogP contribution in [0.2, 0.25) is 0 Å². The molecule has 15 heavy (non-hydrogen) atoms. The number of carbonyl (C=O) groups is 2. The monoisotopic (exact) mass is 286 g/mol. The summed E-state index contributed by atoms with van der Waals surface area (Å²) < 4.78 is -0.0208. The Morgan fingerprint density at radius 3 is 1.73 bits per heavy atom. The van der Waals surface area contributed by atoms with E-state index in [4.69, 9.17) is 20.4 Å². The van der Waals surface area contributed by atoms with Crippen LogP contribution in [-0.2, 0) is 9.59 Å². The summed E-state index contributed by atoms with van der Waals surface area (Å²) in [6, 6.07) is 0. The van der Waals surface area contributed by atoms with E-state index in [1.165, 1.54) is 13.8 Å². The number of carbonyl (C=O) groups excluding carboxylic acids is 2. The largest absolute Gasteiger partial charge is 0.391 e. The molecule has 4 unspecified atom stereocenters. The van der Waals surface area contributed by atoms with Gasteiger partial charge in [-0.3, -0.25) is 4.79 Å². The zero-order valence-electron chi connectivity index (χ0n) is 8.37. The maximum Gasteiger partial charge on any atom is 0.194 e. The molecule has 7 heteroatoms. The Morgan fingerprint density at radius 2 is 1.53 bits per heavy atom. The summed E-state index contributed by atoms with van der Waals surface area (Å²) in [5.41, 5.74) is 0. The molecule has 90 valence electrons. The van der Waals surface area contributed by atoms with E-state index < -0.39 is 24.4 Å². The van der Waals surface area contributed by atoms with E-state index in [9.17, 15) is 9.59 Å². The van der Waals surface area contributed by atoms with Gasteiger partial charge in [-0.1, -0.05) is 0 Å². The summed E-state index contributed by atoms with van der Waals surface area (Å²) in [5.74, 6) is 0. The molecule has 4 N–H and O–H groups in total. The van der Waals surface area contributed by atoms with Crippen molar-refractivity contribution in [1.29, 1.82) is 0 Å². The van der Waals surface area contributed by atoms with Gasteiger partial charge >= 0.3 is 0 Å². The number of rotatable bonds is 4. The summed E-state index contributed by atoms with van der Waals surface area (Å²) in [5, 5.41) is 35.1. The van der Waals surface area contributed by atoms with E-state index in [1.54, 1.807) is 0 Å². The second kappa shape index (κ2) is 8.93. The van der Waals surface area contributed by atoms with Crippen LogP contribution in [0.3, 0.4) is 0 Å². The second-order valence-electron chi connectivity index (χ2n) is 2.82. The molecule has 0 rings (SSSR count). The molecule has 0 aliphatic rings. The van der Waals surface area contributed by atoms with Crippen LogP contribution in [0.1, 0.15) is 13.8 Å². The van der Waals surface area contributed by atoms with E-state index in [2.05, 4.69) is 15.9 Å². The predicted molar refractivity (Wildman–Crippen MR) is 55.4 cm³/mol. The van der Waals surface area contributed by atoms with Gasteiger partial charge < -0.3 is 25.2 Å². The van der Waals surface area contributed by atoms with Crippen LogP contribution in [0.15, 0.2) is 0 Å². The highest BCUT2D eigenvalue weighted by Crippen LogP contribution is 2.02. The van der Waals surface area contributed by atoms with Gasteiger partial charge in [0.15, 0.2) is 11.0 Å². The number of halogens is 1. The lowest BCUT2D eigenvalue weighted by molar-refractivity contribution is -0.132. The lowest BCUT2D eigenvalue weighted by atomic mass is 10.1. The van der Waals surface area contributed by atoms with Crippen molar-refractivity contribution in [3.05, 3.63) is 0 Å². The van der Waals surface area contributed by atoms with Gasteiger partial charge in [0.2, 0.25) is 0 Å². The minimum Gasteiger partial charge on any atom is -0.391 e. The number of aldehydes is 1. The first-order valence-corrected chi connectivity index (χ1v) is 4.87. The van der Waals surface area contributed by atoms with Gasteiger partial charge in [0.05, 0.1) is 6.10 Å². The van der Waals surface area contributed by atoms with Crippen molar-refractivity contribution in [2.24, 2.45) is 0 Å². The van der Waals surface area contributed by atoms with Gasteiger partial charge in [-0.25, -0.2) is 0 Å². The van der Waals surface area contributed by atoms with Crippen LogP contribution in [0.5, 0.6) is 0 Å². The smallest absolute Gasteiger partial charge is 0.194 e. The first-order valence-electron chi connectivity index (χ1n) is 4.07. The maximum absolute atomic E-state index is 9.87. The lowest BCUT2D eigenvalue weighted by Gasteiger charge is -2.21. The van der Waals surface area contributed by atoms with Crippen molar-refractivity contribution in [2.45, 2.75) is 38.3 Å². The summed E-state index contributed by atoms with van der Waals surface area (Å²) in [4.78, 5) is 19.2. The molecular weight excluding hydrogens is 272 g/mol. The lowest BCUT2D eigenvalue weighted by Crippen LogP contribution is -2.43. The van der Waals surface area contributed by atoms with Gasteiger partial charge in [0.25, 0.3) is 0 Å². The molecule has 0 aliphatic heterocycles. The Kier molecular flexibility index (Phi) is 10.2. The summed E-state index contributed by atoms with van der Waals surface area (Å²) in [6.07, 6.45) is -5.88. The summed E-state index contributed by atoms with van der Waals surface area (Å²) in [6.45, 7) is 2.69. The van der Waals surface area contributed by atoms with Crippen LogP contribution in [0, 0.1) is 0 Å². The van der Waals surface area contributed by atoms with Gasteiger partial charge in [0, 0.05) is 6.92 Å². The van der Waals surface area contributed by atoms with Crippen LogP contribution in [0.25, 0.3) is 0 Å². The molecule has 0 heterocycles. The molecule has 0 aromatic rings. The molecule has 0 saturated carbocycles. The first-order chi connectivity index (χ1) is 6.73. The number of aliphatic hydroxyl groups excluding tert-OH is 4. The fourth-order valence-electron chi connectivity index (χ4n) is 0.568. The first kappa shape index (κ1) is 17.1. The van der Waals surface area contributed by atoms with Gasteiger partial charge in [0.1, 0.15) is 18.3 Å². The molecule has 0 radical (unpaired) electrons. The van der Waals surface area contributed by atoms with Crippen molar-refractivity contribution in [3.63, 3.8) is 0 Å². The molecule has 0 saturated heterocycles. The van der Waals surface area contributed by atoms with E-state index in [0.717, 1.165) is 0 Å². The molecule has 0 fully saturated rings. The number of hydrogen-bond acceptors (Lipinski definition) is 6. The third kappa shape index (κ3) is 9.95. The Hall–Kier alpha value is -0.340. The highest BCUT2D eigenvalue weighted by atomic mass is 79.9. The number of hydrogen-bond donors (Lipinski definition) is 4. The minimum absolute atomic E-state index is 0.0208. The highest BCUT2D eigenvalue weighted by molar-refractivity contribution is 9.18. The third-order valence-corrected chi connectivity index (χ3v) is 1.33. The molecule has 0 bridgehead atoms. The summed E-state index contributed by atoms with van der Waals surface area (Å²) in [7, 11) is 0. The van der Waals surface area contributed by atoms with Crippen LogP contribution >= 0.6 is 15.9 Å². The average molecular weight is 287 g/mol. The van der Waals surface area contributed by atoms with Crippen molar-refractivity contribution in [2.75, 3.05) is 0 Å². The molecule has 0 amide bonds. The molecule has 0 aromatic carbocycles. The quantitative estimate of drug-likeness (QED) is 0.372. The van der Waals surface area contributed by atoms with E-state index in [0.29, 0.717) is 0 Å². The topological polar surface area (TPSA) is 115 Å². The average Bonchev–Trinajstić information content (AvgIpc) is 2.13. The van der Waals surface area contributed by atoms with Crippen molar-refractivity contribution < 1.29 is 30.0 Å². The Bertz CT molecular complexity index is 192. The SMILES string of the molecule is CC(=O)Br.CC(O)C(O)C(O)C(O)C=O. The van der Waals surface area contributed by atoms with Crippen LogP contribution in [-0.4, -0.2) is 55.8 Å². The van der Waals surface area contributed by atoms with Crippen molar-refractivity contribution >= 4 is 26.9 Å². The normalized spacial score (nSPS) is 17.8. The Morgan fingerprint density at radius 1 is 1.20 bits per heavy atom. The summed E-state index contributed by atoms with van der Waals surface area (Å²) >= 11 is 2.63. The third-order valence-electron chi connectivity index (χ3n) is 1.33. The minimum atomic E-state index is -1.65. The zero-order chi connectivity index (χ0) is 12.6. The Labute approximate surface area is 95.7 Å². The van der Waals surface area contributed by atoms with E-state index in [1.807, 2.05) is 0 Å². The van der Waals surface area contributed by atoms with Crippen LogP contribution in [0.4, 0.5) is 0 Å². The van der Waals surface area contributed by atoms with Gasteiger partial charge in [-0.15, -0.1) is 0 Å². The van der Waals surface area contributed by atoms with E-state index in [-0.39, 0.29) is 11.0 Å². The molecular formula is C8H15BrO6. The maximum atomic E-state index is 9.87. The van der Waals surface area contributed by atoms with Crippen LogP contribution < -0.4 is 0 Å². The zero-order valence-corrected chi connectivity index (χ0v) is 9.96. The fraction of sp³-hybridized carbons (Fsp3) is 0.750. The highest BCUT2D eigenvalue weighted by Gasteiger charge is 2.27. The molecule has 0 aliphatic carbocycles. The van der Waals surface area contributed by atoms with Gasteiger partial charge in [-0.2, -0.15) is 0 Å². The predicted octanol–water partition coefficient (Wildman–Crippen LogP) is -1.42. The van der Waals surface area contributed by atoms with Crippen molar-refractivity contribution in [3.8, 4) is 0 Å². The van der Waals surface area contributed by atoms with E-state index >= 15 is 0 Å².